The first-order chi connectivity index (χ1) is 13.5. The molecular formula is C14H10Cl2MgN2O10S2. The third kappa shape index (κ3) is 7.80. The van der Waals surface area contributed by atoms with Gasteiger partial charge in [-0.2, -0.15) is 0 Å². The van der Waals surface area contributed by atoms with Crippen molar-refractivity contribution in [1.82, 2.24) is 0 Å². The molecule has 0 bridgehead atoms. The second kappa shape index (κ2) is 10.8. The Hall–Kier alpha value is -1.59. The van der Waals surface area contributed by atoms with Crippen molar-refractivity contribution in [3.63, 3.8) is 0 Å². The number of nitro benzene ring substituents is 2. The number of hydrogen-bond donors (Lipinski definition) is 0. The average Bonchev–Trinajstić information content (AvgIpc) is 2.57. The molecule has 0 saturated carbocycles. The predicted molar refractivity (Wildman–Crippen MR) is 107 cm³/mol. The van der Waals surface area contributed by atoms with Gasteiger partial charge in [0.25, 0.3) is 11.4 Å². The van der Waals surface area contributed by atoms with Crippen molar-refractivity contribution in [3.8, 4) is 0 Å². The van der Waals surface area contributed by atoms with Crippen LogP contribution in [-0.2, 0) is 20.2 Å². The maximum absolute atomic E-state index is 10.7. The van der Waals surface area contributed by atoms with Crippen LogP contribution in [0.4, 0.5) is 11.4 Å². The molecule has 2 aromatic rings. The van der Waals surface area contributed by atoms with Gasteiger partial charge in [-0.1, -0.05) is 23.2 Å². The first-order valence-electron chi connectivity index (χ1n) is 7.27. The van der Waals surface area contributed by atoms with E-state index in [-0.39, 0.29) is 44.2 Å². The van der Waals surface area contributed by atoms with Crippen LogP contribution in [0, 0.1) is 34.1 Å². The number of hydrogen-bond acceptors (Lipinski definition) is 10. The molecule has 0 saturated heterocycles. The smallest absolute Gasteiger partial charge is 0.744 e. The minimum absolute atomic E-state index is 0. The number of nitro groups is 2. The van der Waals surface area contributed by atoms with Crippen LogP contribution in [0.15, 0.2) is 34.1 Å². The zero-order valence-electron chi connectivity index (χ0n) is 15.6. The summed E-state index contributed by atoms with van der Waals surface area (Å²) in [4.78, 5) is 17.8. The third-order valence-corrected chi connectivity index (χ3v) is 6.23. The van der Waals surface area contributed by atoms with Gasteiger partial charge in [0.05, 0.1) is 29.7 Å². The molecule has 0 heterocycles. The zero-order valence-corrected chi connectivity index (χ0v) is 20.1. The maximum atomic E-state index is 10.7. The van der Waals surface area contributed by atoms with Crippen molar-refractivity contribution in [2.45, 2.75) is 23.6 Å². The molecular weight excluding hydrogens is 516 g/mol. The van der Waals surface area contributed by atoms with Crippen LogP contribution in [0.1, 0.15) is 11.1 Å². The molecule has 12 nitrogen and oxygen atoms in total. The van der Waals surface area contributed by atoms with Gasteiger partial charge in [-0.3, -0.25) is 20.2 Å². The van der Waals surface area contributed by atoms with Crippen LogP contribution < -0.4 is 0 Å². The van der Waals surface area contributed by atoms with E-state index in [4.69, 9.17) is 23.2 Å². The van der Waals surface area contributed by atoms with Crippen LogP contribution in [0.2, 0.25) is 10.0 Å². The fourth-order valence-electron chi connectivity index (χ4n) is 2.01. The van der Waals surface area contributed by atoms with Gasteiger partial charge in [-0.15, -0.1) is 0 Å². The summed E-state index contributed by atoms with van der Waals surface area (Å²) in [6.07, 6.45) is 0. The number of rotatable bonds is 4. The molecule has 2 rings (SSSR count). The Balaban J connectivity index is 0.000000562. The molecule has 0 aromatic heterocycles. The van der Waals surface area contributed by atoms with E-state index in [1.54, 1.807) is 0 Å². The molecule has 31 heavy (non-hydrogen) atoms. The molecule has 0 N–H and O–H groups in total. The summed E-state index contributed by atoms with van der Waals surface area (Å²) in [7, 11) is -9.50. The fraction of sp³-hybridized carbons (Fsp3) is 0.143. The summed E-state index contributed by atoms with van der Waals surface area (Å²) in [5.41, 5.74) is -1.03. The van der Waals surface area contributed by atoms with Crippen molar-refractivity contribution < 1.29 is 35.8 Å². The molecule has 0 atom stereocenters. The third-order valence-electron chi connectivity index (χ3n) is 3.52. The average molecular weight is 526 g/mol. The molecule has 0 spiro atoms. The van der Waals surface area contributed by atoms with Crippen LogP contribution in [0.25, 0.3) is 0 Å². The molecule has 17 heteroatoms. The normalized spacial score (nSPS) is 11.0. The van der Waals surface area contributed by atoms with Gasteiger partial charge < -0.3 is 9.11 Å². The molecule has 0 fully saturated rings. The topological polar surface area (TPSA) is 201 Å². The van der Waals surface area contributed by atoms with Gasteiger partial charge in [0.15, 0.2) is 0 Å². The fourth-order valence-corrected chi connectivity index (χ4v) is 4.05. The number of benzene rings is 2. The van der Waals surface area contributed by atoms with Crippen molar-refractivity contribution in [2.75, 3.05) is 0 Å². The molecule has 0 aliphatic carbocycles. The Bertz CT molecular complexity index is 1150. The van der Waals surface area contributed by atoms with E-state index in [0.717, 1.165) is 12.1 Å². The standard InChI is InChI=1S/2C7H6ClNO5S.Mg/c2*1-4-6(8)2-5(9(10)11)3-7(4)15(12,13)14;/h2*2-3H,1H3,(H,12,13,14);/q;;+2/p-2. The van der Waals surface area contributed by atoms with E-state index in [0.29, 0.717) is 12.1 Å². The Labute approximate surface area is 202 Å². The molecule has 0 unspecified atom stereocenters. The van der Waals surface area contributed by atoms with Gasteiger partial charge in [0, 0.05) is 24.3 Å². The second-order valence-electron chi connectivity index (χ2n) is 5.52. The number of nitrogens with zero attached hydrogens (tertiary/aromatic N) is 2. The number of non-ortho nitro benzene ring substituents is 2. The molecule has 0 radical (unpaired) electrons. The van der Waals surface area contributed by atoms with Crippen molar-refractivity contribution in [2.24, 2.45) is 0 Å². The Kier molecular flexibility index (Phi) is 10.3. The summed E-state index contributed by atoms with van der Waals surface area (Å²) in [6.45, 7) is 2.60. The van der Waals surface area contributed by atoms with Crippen LogP contribution in [0.3, 0.4) is 0 Å². The van der Waals surface area contributed by atoms with Gasteiger partial charge in [0.2, 0.25) is 0 Å². The van der Waals surface area contributed by atoms with Crippen molar-refractivity contribution in [3.05, 3.63) is 65.7 Å². The van der Waals surface area contributed by atoms with Gasteiger partial charge in [0.1, 0.15) is 20.2 Å². The Morgan fingerprint density at radius 2 is 0.968 bits per heavy atom. The Morgan fingerprint density at radius 1 is 0.710 bits per heavy atom. The SMILES string of the molecule is Cc1c(Cl)cc([N+](=O)[O-])cc1S(=O)(=O)[O-].Cc1c(Cl)cc([N+](=O)[O-])cc1S(=O)(=O)[O-].[Mg+2]. The van der Waals surface area contributed by atoms with E-state index in [1.165, 1.54) is 13.8 Å². The zero-order chi connectivity index (χ0) is 23.6. The predicted octanol–water partition coefficient (Wildman–Crippen LogP) is 2.54. The van der Waals surface area contributed by atoms with E-state index >= 15 is 0 Å². The molecule has 2 aromatic carbocycles. The summed E-state index contributed by atoms with van der Waals surface area (Å²) >= 11 is 11.1. The van der Waals surface area contributed by atoms with Crippen LogP contribution in [0.5, 0.6) is 0 Å². The van der Waals surface area contributed by atoms with Crippen LogP contribution >= 0.6 is 23.2 Å². The minimum atomic E-state index is -4.75. The molecule has 0 aliphatic rings. The summed E-state index contributed by atoms with van der Waals surface area (Å²) in [6, 6.07) is 3.38. The quantitative estimate of drug-likeness (QED) is 0.247. The first kappa shape index (κ1) is 29.4. The summed E-state index contributed by atoms with van der Waals surface area (Å²) in [5.74, 6) is 0. The largest absolute Gasteiger partial charge is 2.00 e. The molecule has 0 amide bonds. The number of halogens is 2. The molecule has 164 valence electrons. The minimum Gasteiger partial charge on any atom is -0.744 e. The molecule has 0 aliphatic heterocycles. The van der Waals surface area contributed by atoms with Gasteiger partial charge in [-0.25, -0.2) is 16.8 Å². The Morgan fingerprint density at radius 3 is 1.16 bits per heavy atom. The summed E-state index contributed by atoms with van der Waals surface area (Å²) in [5, 5.41) is 20.5. The monoisotopic (exact) mass is 524 g/mol. The van der Waals surface area contributed by atoms with Gasteiger partial charge >= 0.3 is 23.1 Å². The second-order valence-corrected chi connectivity index (χ2v) is 9.03. The van der Waals surface area contributed by atoms with E-state index < -0.39 is 51.2 Å². The van der Waals surface area contributed by atoms with Crippen molar-refractivity contribution >= 4 is 77.9 Å². The van der Waals surface area contributed by atoms with Crippen LogP contribution in [-0.4, -0.2) is 58.8 Å². The van der Waals surface area contributed by atoms with E-state index in [2.05, 4.69) is 0 Å². The maximum Gasteiger partial charge on any atom is 2.00 e. The van der Waals surface area contributed by atoms with Gasteiger partial charge in [-0.05, 0) is 25.0 Å². The van der Waals surface area contributed by atoms with E-state index in [1.807, 2.05) is 0 Å². The van der Waals surface area contributed by atoms with Crippen molar-refractivity contribution in [1.29, 1.82) is 0 Å². The summed E-state index contributed by atoms with van der Waals surface area (Å²) < 4.78 is 64.5. The van der Waals surface area contributed by atoms with E-state index in [9.17, 15) is 46.2 Å². The first-order valence-corrected chi connectivity index (χ1v) is 10.8.